The first-order chi connectivity index (χ1) is 4.18. The van der Waals surface area contributed by atoms with E-state index in [2.05, 4.69) is 12.6 Å². The van der Waals surface area contributed by atoms with E-state index in [1.54, 1.807) is 19.0 Å². The van der Waals surface area contributed by atoms with E-state index >= 15 is 0 Å². The van der Waals surface area contributed by atoms with Crippen LogP contribution in [0.1, 0.15) is 12.8 Å². The normalized spacial score (nSPS) is 9.22. The van der Waals surface area contributed by atoms with Gasteiger partial charge in [0, 0.05) is 20.5 Å². The summed E-state index contributed by atoms with van der Waals surface area (Å²) in [7, 11) is 3.53. The first kappa shape index (κ1) is 8.82. The second-order valence-corrected chi connectivity index (χ2v) is 2.56. The molecule has 0 aliphatic heterocycles. The van der Waals surface area contributed by atoms with E-state index in [9.17, 15) is 4.79 Å². The lowest BCUT2D eigenvalue weighted by Crippen LogP contribution is -2.21. The van der Waals surface area contributed by atoms with Crippen LogP contribution < -0.4 is 0 Å². The van der Waals surface area contributed by atoms with Crippen LogP contribution in [0.15, 0.2) is 0 Å². The van der Waals surface area contributed by atoms with Gasteiger partial charge < -0.3 is 4.90 Å². The van der Waals surface area contributed by atoms with Gasteiger partial charge >= 0.3 is 0 Å². The van der Waals surface area contributed by atoms with E-state index in [0.29, 0.717) is 6.42 Å². The van der Waals surface area contributed by atoms with Crippen molar-refractivity contribution in [3.05, 3.63) is 0 Å². The van der Waals surface area contributed by atoms with Crippen molar-refractivity contribution in [2.24, 2.45) is 0 Å². The van der Waals surface area contributed by atoms with Gasteiger partial charge in [0.1, 0.15) is 0 Å². The minimum Gasteiger partial charge on any atom is -0.349 e. The Bertz CT molecular complexity index is 93.1. The van der Waals surface area contributed by atoms with Crippen LogP contribution >= 0.6 is 12.6 Å². The fraction of sp³-hybridized carbons (Fsp3) is 0.833. The lowest BCUT2D eigenvalue weighted by atomic mass is 10.3. The number of nitrogens with zero attached hydrogens (tertiary/aromatic N) is 1. The number of hydrogen-bond donors (Lipinski definition) is 1. The molecule has 0 saturated heterocycles. The van der Waals surface area contributed by atoms with Gasteiger partial charge in [-0.2, -0.15) is 12.6 Å². The molecule has 0 atom stereocenters. The molecule has 0 bridgehead atoms. The summed E-state index contributed by atoms with van der Waals surface area (Å²) < 4.78 is 0. The van der Waals surface area contributed by atoms with Crippen molar-refractivity contribution in [1.29, 1.82) is 0 Å². The summed E-state index contributed by atoms with van der Waals surface area (Å²) in [6.07, 6.45) is 1.50. The molecule has 0 N–H and O–H groups in total. The Labute approximate surface area is 61.6 Å². The van der Waals surface area contributed by atoms with Crippen LogP contribution in [0.5, 0.6) is 0 Å². The third-order valence-corrected chi connectivity index (χ3v) is 1.36. The molecular weight excluding hydrogens is 134 g/mol. The Balaban J connectivity index is 3.28. The first-order valence-corrected chi connectivity index (χ1v) is 3.62. The zero-order valence-electron chi connectivity index (χ0n) is 5.92. The Morgan fingerprint density at radius 1 is 1.56 bits per heavy atom. The molecule has 9 heavy (non-hydrogen) atoms. The molecule has 0 aromatic carbocycles. The summed E-state index contributed by atoms with van der Waals surface area (Å²) in [5, 5.41) is 0. The SMILES string of the molecule is CN(C)C(=O)CCCS. The largest absolute Gasteiger partial charge is 0.349 e. The summed E-state index contributed by atoms with van der Waals surface area (Å²) in [6.45, 7) is 0. The van der Waals surface area contributed by atoms with Gasteiger partial charge in [-0.3, -0.25) is 4.79 Å². The average Bonchev–Trinajstić information content (AvgIpc) is 1.82. The van der Waals surface area contributed by atoms with E-state index < -0.39 is 0 Å². The predicted octanol–water partition coefficient (Wildman–Crippen LogP) is 0.785. The minimum atomic E-state index is 0.184. The third kappa shape index (κ3) is 4.33. The van der Waals surface area contributed by atoms with Gasteiger partial charge in [-0.1, -0.05) is 0 Å². The maximum atomic E-state index is 10.8. The van der Waals surface area contributed by atoms with Crippen molar-refractivity contribution < 1.29 is 4.79 Å². The number of amides is 1. The molecule has 0 aromatic rings. The molecule has 3 heteroatoms. The molecule has 1 amide bonds. The summed E-state index contributed by atoms with van der Waals surface area (Å²) in [6, 6.07) is 0. The molecule has 0 rings (SSSR count). The minimum absolute atomic E-state index is 0.184. The van der Waals surface area contributed by atoms with Gasteiger partial charge in [0.05, 0.1) is 0 Å². The molecule has 0 aliphatic carbocycles. The number of hydrogen-bond acceptors (Lipinski definition) is 2. The van der Waals surface area contributed by atoms with Crippen LogP contribution in [0, 0.1) is 0 Å². The second kappa shape index (κ2) is 4.68. The fourth-order valence-corrected chi connectivity index (χ4v) is 0.612. The molecular formula is C6H13NOS. The predicted molar refractivity (Wildman–Crippen MR) is 41.8 cm³/mol. The van der Waals surface area contributed by atoms with Crippen molar-refractivity contribution >= 4 is 18.5 Å². The number of carbonyl (C=O) groups is 1. The monoisotopic (exact) mass is 147 g/mol. The first-order valence-electron chi connectivity index (χ1n) is 2.99. The summed E-state index contributed by atoms with van der Waals surface area (Å²) in [5.74, 6) is 0.976. The molecule has 0 heterocycles. The smallest absolute Gasteiger partial charge is 0.222 e. The highest BCUT2D eigenvalue weighted by Gasteiger charge is 2.00. The van der Waals surface area contributed by atoms with Crippen LogP contribution in [-0.4, -0.2) is 30.7 Å². The van der Waals surface area contributed by atoms with E-state index in [1.165, 1.54) is 0 Å². The quantitative estimate of drug-likeness (QED) is 0.585. The van der Waals surface area contributed by atoms with Crippen LogP contribution in [0.4, 0.5) is 0 Å². The average molecular weight is 147 g/mol. The van der Waals surface area contributed by atoms with E-state index in [1.807, 2.05) is 0 Å². The van der Waals surface area contributed by atoms with Crippen LogP contribution in [0.3, 0.4) is 0 Å². The third-order valence-electron chi connectivity index (χ3n) is 1.05. The van der Waals surface area contributed by atoms with Crippen LogP contribution in [0.2, 0.25) is 0 Å². The van der Waals surface area contributed by atoms with Gasteiger partial charge in [0.15, 0.2) is 0 Å². The Morgan fingerprint density at radius 2 is 2.11 bits per heavy atom. The van der Waals surface area contributed by atoms with Gasteiger partial charge in [-0.05, 0) is 12.2 Å². The highest BCUT2D eigenvalue weighted by atomic mass is 32.1. The number of thiol groups is 1. The molecule has 0 fully saturated rings. The lowest BCUT2D eigenvalue weighted by molar-refractivity contribution is -0.128. The summed E-state index contributed by atoms with van der Waals surface area (Å²) >= 11 is 3.99. The maximum absolute atomic E-state index is 10.8. The zero-order chi connectivity index (χ0) is 7.28. The molecule has 0 aromatic heterocycles. The molecule has 0 spiro atoms. The number of rotatable bonds is 3. The highest BCUT2D eigenvalue weighted by molar-refractivity contribution is 7.80. The molecule has 2 nitrogen and oxygen atoms in total. The molecule has 54 valence electrons. The molecule has 0 radical (unpaired) electrons. The van der Waals surface area contributed by atoms with Crippen molar-refractivity contribution in [3.63, 3.8) is 0 Å². The fourth-order valence-electron chi connectivity index (χ4n) is 0.454. The van der Waals surface area contributed by atoms with Gasteiger partial charge in [-0.25, -0.2) is 0 Å². The van der Waals surface area contributed by atoms with Crippen molar-refractivity contribution in [2.45, 2.75) is 12.8 Å². The highest BCUT2D eigenvalue weighted by Crippen LogP contribution is 1.93. The lowest BCUT2D eigenvalue weighted by Gasteiger charge is -2.08. The van der Waals surface area contributed by atoms with Crippen molar-refractivity contribution in [1.82, 2.24) is 4.90 Å². The number of carbonyl (C=O) groups excluding carboxylic acids is 1. The van der Waals surface area contributed by atoms with Crippen molar-refractivity contribution in [3.8, 4) is 0 Å². The molecule has 0 saturated carbocycles. The van der Waals surface area contributed by atoms with Crippen LogP contribution in [0.25, 0.3) is 0 Å². The Kier molecular flexibility index (Phi) is 4.58. The van der Waals surface area contributed by atoms with Crippen molar-refractivity contribution in [2.75, 3.05) is 19.8 Å². The Hall–Kier alpha value is -0.180. The van der Waals surface area contributed by atoms with Gasteiger partial charge in [-0.15, -0.1) is 0 Å². The van der Waals surface area contributed by atoms with Gasteiger partial charge in [0.2, 0.25) is 5.91 Å². The van der Waals surface area contributed by atoms with Gasteiger partial charge in [0.25, 0.3) is 0 Å². The zero-order valence-corrected chi connectivity index (χ0v) is 6.82. The van der Waals surface area contributed by atoms with E-state index in [-0.39, 0.29) is 5.91 Å². The molecule has 0 aliphatic rings. The Morgan fingerprint density at radius 3 is 2.44 bits per heavy atom. The second-order valence-electron chi connectivity index (χ2n) is 2.12. The topological polar surface area (TPSA) is 20.3 Å². The molecule has 0 unspecified atom stereocenters. The summed E-state index contributed by atoms with van der Waals surface area (Å²) in [5.41, 5.74) is 0. The maximum Gasteiger partial charge on any atom is 0.222 e. The standard InChI is InChI=1S/C6H13NOS/c1-7(2)6(8)4-3-5-9/h9H,3-5H2,1-2H3. The van der Waals surface area contributed by atoms with E-state index in [0.717, 1.165) is 12.2 Å². The van der Waals surface area contributed by atoms with Crippen LogP contribution in [-0.2, 0) is 4.79 Å². The summed E-state index contributed by atoms with van der Waals surface area (Å²) in [4.78, 5) is 12.4. The van der Waals surface area contributed by atoms with E-state index in [4.69, 9.17) is 0 Å².